The monoisotopic (exact) mass is 436 g/mol. The number of nitrogens with zero attached hydrogens (tertiary/aromatic N) is 4. The Morgan fingerprint density at radius 2 is 2.28 bits per heavy atom. The normalized spacial score (nSPS) is 25.6. The van der Waals surface area contributed by atoms with Crippen molar-refractivity contribution in [3.8, 4) is 12.3 Å². The molecule has 2 aromatic heterocycles. The van der Waals surface area contributed by atoms with Crippen LogP contribution in [0, 0.1) is 17.6 Å². The number of terminal acetylenes is 1. The van der Waals surface area contributed by atoms with Gasteiger partial charge < -0.3 is 14.4 Å². The van der Waals surface area contributed by atoms with Gasteiger partial charge in [0.05, 0.1) is 23.4 Å². The Kier molecular flexibility index (Phi) is 5.17. The van der Waals surface area contributed by atoms with Crippen molar-refractivity contribution < 1.29 is 13.9 Å². The standard InChI is InChI=1S/C19H21ClN4O4S/c1-4-19(2,3)23-10-14(28-17(25)15-13(20)8-9-27-15)24(26,11-23)18-22-21-16(29-18)12-6-5-7-12/h1,8-9,12,14H,5-7,10-11H2,2-3H3. The van der Waals surface area contributed by atoms with Crippen LogP contribution in [0.5, 0.6) is 0 Å². The third kappa shape index (κ3) is 3.56. The zero-order valence-electron chi connectivity index (χ0n) is 16.1. The van der Waals surface area contributed by atoms with E-state index in [4.69, 9.17) is 27.2 Å². The van der Waals surface area contributed by atoms with E-state index in [2.05, 4.69) is 16.1 Å². The molecule has 0 spiro atoms. The summed E-state index contributed by atoms with van der Waals surface area (Å²) >= 11 is 7.24. The molecule has 0 aromatic carbocycles. The number of esters is 1. The molecule has 0 bridgehead atoms. The van der Waals surface area contributed by atoms with Gasteiger partial charge in [0.2, 0.25) is 5.76 Å². The number of hydrogen-bond donors (Lipinski definition) is 0. The fourth-order valence-corrected chi connectivity index (χ4v) is 4.60. The average Bonchev–Trinajstić information content (AvgIpc) is 3.34. The Hall–Kier alpha value is -1.96. The summed E-state index contributed by atoms with van der Waals surface area (Å²) in [7, 11) is 0. The summed E-state index contributed by atoms with van der Waals surface area (Å²) < 4.78 is 9.70. The maximum absolute atomic E-state index is 13.9. The zero-order chi connectivity index (χ0) is 20.8. The van der Waals surface area contributed by atoms with Crippen molar-refractivity contribution >= 4 is 34.0 Å². The maximum atomic E-state index is 13.9. The Bertz CT molecular complexity index is 964. The van der Waals surface area contributed by atoms with E-state index in [1.807, 2.05) is 18.7 Å². The van der Waals surface area contributed by atoms with Crippen molar-refractivity contribution in [3.63, 3.8) is 0 Å². The molecule has 0 radical (unpaired) electrons. The van der Waals surface area contributed by atoms with Crippen LogP contribution in [0.15, 0.2) is 16.7 Å². The molecule has 10 heteroatoms. The fourth-order valence-electron chi connectivity index (χ4n) is 3.34. The molecule has 8 nitrogen and oxygen atoms in total. The fraction of sp³-hybridized carbons (Fsp3) is 0.526. The van der Waals surface area contributed by atoms with E-state index < -0.39 is 22.4 Å². The summed E-state index contributed by atoms with van der Waals surface area (Å²) in [6, 6.07) is 1.44. The number of quaternary nitrogens is 1. The molecule has 1 aliphatic heterocycles. The van der Waals surface area contributed by atoms with E-state index in [9.17, 15) is 10.0 Å². The highest BCUT2D eigenvalue weighted by Gasteiger charge is 2.50. The second-order valence-electron chi connectivity index (χ2n) is 7.87. The Morgan fingerprint density at radius 1 is 1.52 bits per heavy atom. The molecule has 1 aliphatic carbocycles. The van der Waals surface area contributed by atoms with Gasteiger partial charge in [-0.05, 0) is 44.1 Å². The molecular weight excluding hydrogens is 416 g/mol. The molecule has 2 aromatic rings. The first-order valence-corrected chi connectivity index (χ1v) is 10.5. The lowest BCUT2D eigenvalue weighted by Gasteiger charge is -2.39. The van der Waals surface area contributed by atoms with Gasteiger partial charge in [-0.1, -0.05) is 29.0 Å². The van der Waals surface area contributed by atoms with Gasteiger partial charge in [-0.25, -0.2) is 9.69 Å². The summed E-state index contributed by atoms with van der Waals surface area (Å²) in [5, 5.41) is 23.6. The van der Waals surface area contributed by atoms with Gasteiger partial charge in [0.25, 0.3) is 6.23 Å². The summed E-state index contributed by atoms with van der Waals surface area (Å²) in [5.41, 5.74) is -0.696. The average molecular weight is 437 g/mol. The van der Waals surface area contributed by atoms with Crippen LogP contribution in [0.3, 0.4) is 0 Å². The Labute approximate surface area is 177 Å². The van der Waals surface area contributed by atoms with Crippen LogP contribution in [-0.4, -0.2) is 46.0 Å². The quantitative estimate of drug-likeness (QED) is 0.305. The number of hydrogen-bond acceptors (Lipinski definition) is 8. The molecule has 1 saturated carbocycles. The molecular formula is C19H21ClN4O4S. The molecule has 0 amide bonds. The third-order valence-corrected chi connectivity index (χ3v) is 7.12. The number of halogens is 1. The van der Waals surface area contributed by atoms with Crippen LogP contribution in [0.25, 0.3) is 0 Å². The molecule has 2 aliphatic rings. The summed E-state index contributed by atoms with van der Waals surface area (Å²) in [6.45, 7) is 3.83. The summed E-state index contributed by atoms with van der Waals surface area (Å²) in [5.74, 6) is 2.11. The largest absolute Gasteiger partial charge is 0.622 e. The van der Waals surface area contributed by atoms with Gasteiger partial charge in [-0.3, -0.25) is 4.65 Å². The maximum Gasteiger partial charge on any atom is 0.380 e. The number of ether oxygens (including phenoxy) is 1. The van der Waals surface area contributed by atoms with Gasteiger partial charge in [0, 0.05) is 5.92 Å². The Balaban J connectivity index is 1.64. The highest BCUT2D eigenvalue weighted by atomic mass is 35.5. The van der Waals surface area contributed by atoms with E-state index >= 15 is 0 Å². The van der Waals surface area contributed by atoms with Gasteiger partial charge in [0.15, 0.2) is 0 Å². The summed E-state index contributed by atoms with van der Waals surface area (Å²) in [4.78, 5) is 14.4. The molecule has 2 unspecified atom stereocenters. The number of hydroxylamine groups is 2. The van der Waals surface area contributed by atoms with Crippen molar-refractivity contribution in [2.75, 3.05) is 13.2 Å². The third-order valence-electron chi connectivity index (χ3n) is 5.62. The Morgan fingerprint density at radius 3 is 2.86 bits per heavy atom. The van der Waals surface area contributed by atoms with Crippen LogP contribution in [0.4, 0.5) is 5.13 Å². The molecule has 4 rings (SSSR count). The minimum Gasteiger partial charge on any atom is -0.622 e. The smallest absolute Gasteiger partial charge is 0.380 e. The molecule has 3 heterocycles. The highest BCUT2D eigenvalue weighted by Crippen LogP contribution is 2.43. The highest BCUT2D eigenvalue weighted by molar-refractivity contribution is 7.15. The zero-order valence-corrected chi connectivity index (χ0v) is 17.7. The topological polar surface area (TPSA) is 91.5 Å². The lowest BCUT2D eigenvalue weighted by molar-refractivity contribution is 0.00211. The van der Waals surface area contributed by atoms with E-state index in [0.29, 0.717) is 5.92 Å². The predicted molar refractivity (Wildman–Crippen MR) is 109 cm³/mol. The molecule has 154 valence electrons. The minimum absolute atomic E-state index is 0.000331. The lowest BCUT2D eigenvalue weighted by Crippen LogP contribution is -2.51. The van der Waals surface area contributed by atoms with Crippen LogP contribution >= 0.6 is 22.9 Å². The number of aromatic nitrogens is 2. The number of furan rings is 1. The van der Waals surface area contributed by atoms with Crippen LogP contribution < -0.4 is 4.65 Å². The van der Waals surface area contributed by atoms with Gasteiger partial charge in [-0.15, -0.1) is 11.5 Å². The first-order chi connectivity index (χ1) is 13.7. The van der Waals surface area contributed by atoms with E-state index in [1.165, 1.54) is 23.7 Å². The molecule has 2 fully saturated rings. The molecule has 0 N–H and O–H groups in total. The van der Waals surface area contributed by atoms with Crippen molar-refractivity contribution in [1.29, 1.82) is 0 Å². The van der Waals surface area contributed by atoms with Crippen LogP contribution in [-0.2, 0) is 4.74 Å². The van der Waals surface area contributed by atoms with Crippen LogP contribution in [0.1, 0.15) is 54.6 Å². The molecule has 2 atom stereocenters. The molecule has 29 heavy (non-hydrogen) atoms. The second-order valence-corrected chi connectivity index (χ2v) is 9.27. The van der Waals surface area contributed by atoms with Gasteiger partial charge in [-0.2, -0.15) is 0 Å². The number of rotatable bonds is 5. The van der Waals surface area contributed by atoms with Crippen LogP contribution in [0.2, 0.25) is 5.02 Å². The van der Waals surface area contributed by atoms with E-state index in [-0.39, 0.29) is 29.1 Å². The van der Waals surface area contributed by atoms with E-state index in [1.54, 1.807) is 0 Å². The first kappa shape index (κ1) is 20.3. The van der Waals surface area contributed by atoms with Gasteiger partial charge >= 0.3 is 11.1 Å². The van der Waals surface area contributed by atoms with E-state index in [0.717, 1.165) is 24.3 Å². The van der Waals surface area contributed by atoms with Crippen molar-refractivity contribution in [3.05, 3.63) is 33.3 Å². The lowest BCUT2D eigenvalue weighted by atomic mass is 9.86. The number of carbonyl (C=O) groups excluding carboxylic acids is 1. The minimum atomic E-state index is -1.07. The van der Waals surface area contributed by atoms with Gasteiger partial charge in [0.1, 0.15) is 11.7 Å². The van der Waals surface area contributed by atoms with Crippen molar-refractivity contribution in [1.82, 2.24) is 19.7 Å². The van der Waals surface area contributed by atoms with Crippen molar-refractivity contribution in [2.24, 2.45) is 0 Å². The van der Waals surface area contributed by atoms with Crippen molar-refractivity contribution in [2.45, 2.75) is 50.8 Å². The number of carbonyl (C=O) groups is 1. The molecule has 1 saturated heterocycles. The SMILES string of the molecule is C#CC(C)(C)N1CC(OC(=O)c2occc2Cl)[N+]([O-])(c2nnc(C3CCC3)s2)C1. The summed E-state index contributed by atoms with van der Waals surface area (Å²) in [6.07, 6.45) is 9.14. The predicted octanol–water partition coefficient (Wildman–Crippen LogP) is 3.73. The first-order valence-electron chi connectivity index (χ1n) is 9.34. The second kappa shape index (κ2) is 7.38.